The minimum absolute atomic E-state index is 0.0683. The third-order valence-corrected chi connectivity index (χ3v) is 2.90. The molecule has 2 N–H and O–H groups in total. The van der Waals surface area contributed by atoms with Gasteiger partial charge in [-0.25, -0.2) is 0 Å². The van der Waals surface area contributed by atoms with E-state index in [-0.39, 0.29) is 5.56 Å². The number of nitrogens with one attached hydrogen (secondary N) is 2. The molecule has 0 aromatic carbocycles. The van der Waals surface area contributed by atoms with Gasteiger partial charge in [0.1, 0.15) is 5.69 Å². The van der Waals surface area contributed by atoms with Crippen LogP contribution in [0.2, 0.25) is 0 Å². The van der Waals surface area contributed by atoms with Crippen LogP contribution in [0.3, 0.4) is 0 Å². The SMILES string of the molecule is CC(C)Nc1ccc[nH]c1=O.COC1CCCC1. The lowest BCUT2D eigenvalue weighted by Gasteiger charge is -2.07. The number of rotatable bonds is 3. The van der Waals surface area contributed by atoms with Crippen LogP contribution in [0.1, 0.15) is 39.5 Å². The third kappa shape index (κ3) is 5.36. The van der Waals surface area contributed by atoms with Crippen LogP contribution < -0.4 is 10.9 Å². The van der Waals surface area contributed by atoms with Crippen LogP contribution in [0.4, 0.5) is 5.69 Å². The number of aromatic nitrogens is 1. The zero-order chi connectivity index (χ0) is 13.4. The molecule has 1 heterocycles. The minimum atomic E-state index is -0.0683. The number of hydrogen-bond donors (Lipinski definition) is 2. The Morgan fingerprint density at radius 2 is 2.06 bits per heavy atom. The van der Waals surface area contributed by atoms with Crippen LogP contribution in [0.15, 0.2) is 23.1 Å². The maximum Gasteiger partial charge on any atom is 0.271 e. The van der Waals surface area contributed by atoms with E-state index in [4.69, 9.17) is 4.74 Å². The smallest absolute Gasteiger partial charge is 0.271 e. The number of H-pyrrole nitrogens is 1. The minimum Gasteiger partial charge on any atom is -0.381 e. The van der Waals surface area contributed by atoms with Crippen LogP contribution in [0.25, 0.3) is 0 Å². The van der Waals surface area contributed by atoms with Crippen LogP contribution in [0, 0.1) is 0 Å². The predicted octanol–water partition coefficient (Wildman–Crippen LogP) is 2.77. The highest BCUT2D eigenvalue weighted by Crippen LogP contribution is 2.19. The van der Waals surface area contributed by atoms with Crippen molar-refractivity contribution < 1.29 is 4.74 Å². The Morgan fingerprint density at radius 3 is 2.50 bits per heavy atom. The molecule has 0 spiro atoms. The van der Waals surface area contributed by atoms with E-state index in [1.54, 1.807) is 25.4 Å². The third-order valence-electron chi connectivity index (χ3n) is 2.90. The second-order valence-corrected chi connectivity index (χ2v) is 4.85. The normalized spacial score (nSPS) is 15.3. The Kier molecular flexibility index (Phi) is 6.50. The molecule has 1 fully saturated rings. The zero-order valence-corrected chi connectivity index (χ0v) is 11.5. The summed E-state index contributed by atoms with van der Waals surface area (Å²) in [5, 5.41) is 3.03. The van der Waals surface area contributed by atoms with Crippen molar-refractivity contribution in [3.8, 4) is 0 Å². The van der Waals surface area contributed by atoms with Gasteiger partial charge in [-0.2, -0.15) is 0 Å². The van der Waals surface area contributed by atoms with Crippen LogP contribution in [-0.4, -0.2) is 24.2 Å². The summed E-state index contributed by atoms with van der Waals surface area (Å²) in [7, 11) is 1.80. The summed E-state index contributed by atoms with van der Waals surface area (Å²) in [6.07, 6.45) is 7.54. The number of hydrogen-bond acceptors (Lipinski definition) is 3. The molecule has 0 bridgehead atoms. The molecule has 0 amide bonds. The largest absolute Gasteiger partial charge is 0.381 e. The van der Waals surface area contributed by atoms with E-state index in [0.29, 0.717) is 17.8 Å². The van der Waals surface area contributed by atoms with Crippen molar-refractivity contribution in [2.75, 3.05) is 12.4 Å². The first-order chi connectivity index (χ1) is 8.63. The van der Waals surface area contributed by atoms with E-state index in [0.717, 1.165) is 0 Å². The average Bonchev–Trinajstić information content (AvgIpc) is 2.85. The van der Waals surface area contributed by atoms with Crippen molar-refractivity contribution in [2.24, 2.45) is 0 Å². The van der Waals surface area contributed by atoms with Crippen LogP contribution in [-0.2, 0) is 4.74 Å². The van der Waals surface area contributed by atoms with E-state index in [2.05, 4.69) is 10.3 Å². The fourth-order valence-electron chi connectivity index (χ4n) is 1.97. The van der Waals surface area contributed by atoms with Gasteiger partial charge in [-0.05, 0) is 38.8 Å². The second kappa shape index (κ2) is 7.93. The highest BCUT2D eigenvalue weighted by molar-refractivity contribution is 5.40. The van der Waals surface area contributed by atoms with Gasteiger partial charge in [-0.3, -0.25) is 4.79 Å². The van der Waals surface area contributed by atoms with Crippen molar-refractivity contribution in [3.63, 3.8) is 0 Å². The van der Waals surface area contributed by atoms with E-state index < -0.39 is 0 Å². The zero-order valence-electron chi connectivity index (χ0n) is 11.5. The van der Waals surface area contributed by atoms with Gasteiger partial charge in [0.05, 0.1) is 6.10 Å². The van der Waals surface area contributed by atoms with Crippen LogP contribution >= 0.6 is 0 Å². The lowest BCUT2D eigenvalue weighted by atomic mass is 10.3. The molecule has 0 radical (unpaired) electrons. The topological polar surface area (TPSA) is 54.1 Å². The molecule has 1 aromatic rings. The van der Waals surface area contributed by atoms with E-state index in [9.17, 15) is 4.79 Å². The van der Waals surface area contributed by atoms with Crippen molar-refractivity contribution in [1.82, 2.24) is 4.98 Å². The van der Waals surface area contributed by atoms with E-state index >= 15 is 0 Å². The Hall–Kier alpha value is -1.29. The summed E-state index contributed by atoms with van der Waals surface area (Å²) in [5.41, 5.74) is 0.559. The molecule has 1 aromatic heterocycles. The Labute approximate surface area is 109 Å². The van der Waals surface area contributed by atoms with Crippen LogP contribution in [0.5, 0.6) is 0 Å². The van der Waals surface area contributed by atoms with Gasteiger partial charge < -0.3 is 15.0 Å². The number of ether oxygens (including phenoxy) is 1. The molecular weight excluding hydrogens is 228 g/mol. The lowest BCUT2D eigenvalue weighted by molar-refractivity contribution is 0.109. The van der Waals surface area contributed by atoms with Crippen molar-refractivity contribution in [3.05, 3.63) is 28.7 Å². The quantitative estimate of drug-likeness (QED) is 0.869. The summed E-state index contributed by atoms with van der Waals surface area (Å²) < 4.78 is 5.11. The summed E-state index contributed by atoms with van der Waals surface area (Å²) in [4.78, 5) is 13.6. The first-order valence-electron chi connectivity index (χ1n) is 6.60. The first-order valence-corrected chi connectivity index (χ1v) is 6.60. The number of aromatic amines is 1. The second-order valence-electron chi connectivity index (χ2n) is 4.85. The van der Waals surface area contributed by atoms with Gasteiger partial charge in [0.2, 0.25) is 0 Å². The van der Waals surface area contributed by atoms with Gasteiger partial charge in [0.25, 0.3) is 5.56 Å². The van der Waals surface area contributed by atoms with Gasteiger partial charge in [0.15, 0.2) is 0 Å². The molecule has 4 heteroatoms. The average molecular weight is 252 g/mol. The highest BCUT2D eigenvalue weighted by Gasteiger charge is 2.12. The molecule has 0 aliphatic heterocycles. The highest BCUT2D eigenvalue weighted by atomic mass is 16.5. The standard InChI is InChI=1S/C8H12N2O.C6H12O/c1-6(2)10-7-4-3-5-9-8(7)11;1-7-6-4-2-3-5-6/h3-6,10H,1-2H3,(H,9,11);6H,2-5H2,1H3. The first kappa shape index (κ1) is 14.8. The summed E-state index contributed by atoms with van der Waals surface area (Å²) in [6, 6.07) is 3.85. The molecule has 4 nitrogen and oxygen atoms in total. The van der Waals surface area contributed by atoms with Gasteiger partial charge in [-0.15, -0.1) is 0 Å². The molecule has 102 valence electrons. The maximum atomic E-state index is 11.0. The van der Waals surface area contributed by atoms with Gasteiger partial charge in [0, 0.05) is 19.3 Å². The fourth-order valence-corrected chi connectivity index (χ4v) is 1.97. The van der Waals surface area contributed by atoms with Crippen molar-refractivity contribution >= 4 is 5.69 Å². The van der Waals surface area contributed by atoms with E-state index in [1.807, 2.05) is 13.8 Å². The predicted molar refractivity (Wildman–Crippen MR) is 75.1 cm³/mol. The molecule has 0 saturated heterocycles. The number of pyridine rings is 1. The molecule has 0 atom stereocenters. The molecule has 18 heavy (non-hydrogen) atoms. The Morgan fingerprint density at radius 1 is 1.39 bits per heavy atom. The molecule has 1 aliphatic rings. The number of anilines is 1. The number of methoxy groups -OCH3 is 1. The summed E-state index contributed by atoms with van der Waals surface area (Å²) in [6.45, 7) is 3.98. The summed E-state index contributed by atoms with van der Waals surface area (Å²) >= 11 is 0. The summed E-state index contributed by atoms with van der Waals surface area (Å²) in [5.74, 6) is 0. The molecule has 2 rings (SSSR count). The van der Waals surface area contributed by atoms with Gasteiger partial charge >= 0.3 is 0 Å². The molecule has 0 unspecified atom stereocenters. The molecule has 1 aliphatic carbocycles. The Bertz CT molecular complexity index is 381. The maximum absolute atomic E-state index is 11.0. The molecule has 1 saturated carbocycles. The van der Waals surface area contributed by atoms with Crippen molar-refractivity contribution in [1.29, 1.82) is 0 Å². The van der Waals surface area contributed by atoms with E-state index in [1.165, 1.54) is 25.7 Å². The monoisotopic (exact) mass is 252 g/mol. The molecular formula is C14H24N2O2. The van der Waals surface area contributed by atoms with Gasteiger partial charge in [-0.1, -0.05) is 12.8 Å². The van der Waals surface area contributed by atoms with Crippen molar-refractivity contribution in [2.45, 2.75) is 51.7 Å². The lowest BCUT2D eigenvalue weighted by Crippen LogP contribution is -2.18. The fraction of sp³-hybridized carbons (Fsp3) is 0.643. The Balaban J connectivity index is 0.000000199.